The molecule has 24 heavy (non-hydrogen) atoms. The Morgan fingerprint density at radius 3 is 0.875 bits per heavy atom. The zero-order valence-corrected chi connectivity index (χ0v) is 12.0. The van der Waals surface area contributed by atoms with Crippen LogP contribution in [0.5, 0.6) is 0 Å². The molecule has 4 N–H and O–H groups in total. The number of carboxylic acid groups (broad SMARTS) is 4. The minimum atomic E-state index is -1.13. The van der Waals surface area contributed by atoms with Gasteiger partial charge in [-0.2, -0.15) is 0 Å². The Labute approximate surface area is 135 Å². The molecule has 2 aromatic carbocycles. The molecule has 0 atom stereocenters. The topological polar surface area (TPSA) is 149 Å². The van der Waals surface area contributed by atoms with E-state index in [1.807, 2.05) is 0 Å². The highest BCUT2D eigenvalue weighted by Gasteiger charge is 2.07. The largest absolute Gasteiger partial charge is 0.478 e. The standard InChI is InChI=1S/2C8H6O4/c2*9-7(10)5-2-1-3-6(4-5)8(11)12/h2*1-4H,(H,9,10)(H,11,12). The van der Waals surface area contributed by atoms with Gasteiger partial charge in [-0.25, -0.2) is 19.2 Å². The molecule has 0 unspecified atom stereocenters. The fourth-order valence-electron chi connectivity index (χ4n) is 1.57. The van der Waals surface area contributed by atoms with E-state index >= 15 is 0 Å². The third kappa shape index (κ3) is 5.26. The second-order valence-electron chi connectivity index (χ2n) is 4.38. The van der Waals surface area contributed by atoms with Crippen LogP contribution in [-0.2, 0) is 0 Å². The highest BCUT2D eigenvalue weighted by Crippen LogP contribution is 2.05. The molecule has 8 nitrogen and oxygen atoms in total. The van der Waals surface area contributed by atoms with Gasteiger partial charge in [0.05, 0.1) is 22.3 Å². The van der Waals surface area contributed by atoms with E-state index in [4.69, 9.17) is 20.4 Å². The van der Waals surface area contributed by atoms with Crippen molar-refractivity contribution in [3.05, 3.63) is 70.8 Å². The van der Waals surface area contributed by atoms with Gasteiger partial charge in [-0.15, -0.1) is 0 Å². The molecule has 8 heteroatoms. The Balaban J connectivity index is 0.000000240. The summed E-state index contributed by atoms with van der Waals surface area (Å²) in [4.78, 5) is 41.5. The molecule has 0 aliphatic rings. The third-order valence-corrected chi connectivity index (χ3v) is 2.71. The van der Waals surface area contributed by atoms with Gasteiger partial charge in [-0.3, -0.25) is 0 Å². The summed E-state index contributed by atoms with van der Waals surface area (Å²) in [6.07, 6.45) is 0. The molecule has 2 aromatic rings. The van der Waals surface area contributed by atoms with Crippen LogP contribution in [0, 0.1) is 0 Å². The summed E-state index contributed by atoms with van der Waals surface area (Å²) < 4.78 is 0. The maximum Gasteiger partial charge on any atom is 0.335 e. The predicted octanol–water partition coefficient (Wildman–Crippen LogP) is 2.17. The van der Waals surface area contributed by atoms with E-state index in [0.29, 0.717) is 0 Å². The maximum atomic E-state index is 10.4. The summed E-state index contributed by atoms with van der Waals surface area (Å²) in [6, 6.07) is 10.4. The Morgan fingerprint density at radius 2 is 0.708 bits per heavy atom. The van der Waals surface area contributed by atoms with Crippen LogP contribution in [0.15, 0.2) is 48.5 Å². The quantitative estimate of drug-likeness (QED) is 0.665. The Hall–Kier alpha value is -3.68. The van der Waals surface area contributed by atoms with Crippen LogP contribution in [-0.4, -0.2) is 44.3 Å². The Morgan fingerprint density at radius 1 is 0.500 bits per heavy atom. The number of benzene rings is 2. The van der Waals surface area contributed by atoms with Crippen molar-refractivity contribution in [1.29, 1.82) is 0 Å². The van der Waals surface area contributed by atoms with Crippen molar-refractivity contribution >= 4 is 23.9 Å². The van der Waals surface area contributed by atoms with Gasteiger partial charge >= 0.3 is 23.9 Å². The fraction of sp³-hybridized carbons (Fsp3) is 0. The summed E-state index contributed by atoms with van der Waals surface area (Å²) in [5.74, 6) is -4.51. The van der Waals surface area contributed by atoms with Crippen molar-refractivity contribution in [2.24, 2.45) is 0 Å². The van der Waals surface area contributed by atoms with Crippen LogP contribution in [0.3, 0.4) is 0 Å². The Kier molecular flexibility index (Phi) is 6.19. The summed E-state index contributed by atoms with van der Waals surface area (Å²) in [5.41, 5.74) is -0.0744. The normalized spacial score (nSPS) is 9.33. The Bertz CT molecular complexity index is 668. The van der Waals surface area contributed by atoms with E-state index in [9.17, 15) is 19.2 Å². The number of hydrogen-bond donors (Lipinski definition) is 4. The number of carboxylic acids is 4. The van der Waals surface area contributed by atoms with Gasteiger partial charge < -0.3 is 20.4 Å². The van der Waals surface area contributed by atoms with E-state index in [1.165, 1.54) is 36.4 Å². The van der Waals surface area contributed by atoms with E-state index in [1.54, 1.807) is 0 Å². The molecule has 0 fully saturated rings. The van der Waals surface area contributed by atoms with Crippen molar-refractivity contribution in [1.82, 2.24) is 0 Å². The minimum Gasteiger partial charge on any atom is -0.478 e. The zero-order valence-electron chi connectivity index (χ0n) is 12.0. The van der Waals surface area contributed by atoms with Gasteiger partial charge in [-0.1, -0.05) is 12.1 Å². The summed E-state index contributed by atoms with van der Waals surface area (Å²) >= 11 is 0. The number of hydrogen-bond acceptors (Lipinski definition) is 4. The smallest absolute Gasteiger partial charge is 0.335 e. The molecule has 0 saturated carbocycles. The van der Waals surface area contributed by atoms with Crippen molar-refractivity contribution < 1.29 is 39.6 Å². The minimum absolute atomic E-state index is 0.0186. The van der Waals surface area contributed by atoms with Crippen LogP contribution >= 0.6 is 0 Å². The first kappa shape index (κ1) is 18.4. The van der Waals surface area contributed by atoms with E-state index in [0.717, 1.165) is 12.1 Å². The molecule has 124 valence electrons. The van der Waals surface area contributed by atoms with E-state index < -0.39 is 23.9 Å². The van der Waals surface area contributed by atoms with Crippen molar-refractivity contribution in [3.63, 3.8) is 0 Å². The lowest BCUT2D eigenvalue weighted by Gasteiger charge is -1.95. The molecular weight excluding hydrogens is 320 g/mol. The molecule has 0 bridgehead atoms. The van der Waals surface area contributed by atoms with Crippen LogP contribution in [0.2, 0.25) is 0 Å². The van der Waals surface area contributed by atoms with E-state index in [-0.39, 0.29) is 22.3 Å². The first-order chi connectivity index (χ1) is 11.2. The van der Waals surface area contributed by atoms with Crippen LogP contribution in [0.4, 0.5) is 0 Å². The average molecular weight is 332 g/mol. The molecule has 0 aliphatic heterocycles. The summed E-state index contributed by atoms with van der Waals surface area (Å²) in [6.45, 7) is 0. The number of carbonyl (C=O) groups is 4. The molecule has 0 amide bonds. The molecule has 0 spiro atoms. The lowest BCUT2D eigenvalue weighted by molar-refractivity contribution is 0.0676. The van der Waals surface area contributed by atoms with Gasteiger partial charge in [-0.05, 0) is 36.4 Å². The van der Waals surface area contributed by atoms with Gasteiger partial charge in [0.1, 0.15) is 0 Å². The van der Waals surface area contributed by atoms with Crippen LogP contribution < -0.4 is 0 Å². The van der Waals surface area contributed by atoms with Crippen molar-refractivity contribution in [2.75, 3.05) is 0 Å². The fourth-order valence-corrected chi connectivity index (χ4v) is 1.57. The lowest BCUT2D eigenvalue weighted by Crippen LogP contribution is -2.01. The highest BCUT2D eigenvalue weighted by molar-refractivity contribution is 5.94. The lowest BCUT2D eigenvalue weighted by atomic mass is 10.1. The first-order valence-electron chi connectivity index (χ1n) is 6.35. The first-order valence-corrected chi connectivity index (χ1v) is 6.35. The molecule has 2 rings (SSSR count). The average Bonchev–Trinajstić information content (AvgIpc) is 2.55. The summed E-state index contributed by atoms with van der Waals surface area (Å²) in [7, 11) is 0. The van der Waals surface area contributed by atoms with Crippen molar-refractivity contribution in [2.45, 2.75) is 0 Å². The SMILES string of the molecule is O=C(O)c1cccc(C(=O)O)c1.O=C(O)c1cccc(C(=O)O)c1. The molecule has 0 aromatic heterocycles. The van der Waals surface area contributed by atoms with Gasteiger partial charge in [0.15, 0.2) is 0 Å². The number of rotatable bonds is 4. The zero-order chi connectivity index (χ0) is 18.3. The predicted molar refractivity (Wildman–Crippen MR) is 80.7 cm³/mol. The van der Waals surface area contributed by atoms with Crippen LogP contribution in [0.25, 0.3) is 0 Å². The molecular formula is C16H12O8. The molecule has 0 aliphatic carbocycles. The molecule has 0 saturated heterocycles. The van der Waals surface area contributed by atoms with Gasteiger partial charge in [0.25, 0.3) is 0 Å². The monoisotopic (exact) mass is 332 g/mol. The number of aromatic carboxylic acids is 4. The van der Waals surface area contributed by atoms with E-state index in [2.05, 4.69) is 0 Å². The van der Waals surface area contributed by atoms with Crippen molar-refractivity contribution in [3.8, 4) is 0 Å². The molecule has 0 radical (unpaired) electrons. The summed E-state index contributed by atoms with van der Waals surface area (Å²) in [5, 5.41) is 34.0. The third-order valence-electron chi connectivity index (χ3n) is 2.71. The van der Waals surface area contributed by atoms with Gasteiger partial charge in [0.2, 0.25) is 0 Å². The molecule has 0 heterocycles. The van der Waals surface area contributed by atoms with Gasteiger partial charge in [0, 0.05) is 0 Å². The second-order valence-corrected chi connectivity index (χ2v) is 4.38. The second kappa shape index (κ2) is 8.08. The highest BCUT2D eigenvalue weighted by atomic mass is 16.4. The van der Waals surface area contributed by atoms with Crippen LogP contribution in [0.1, 0.15) is 41.4 Å². The maximum absolute atomic E-state index is 10.4.